The van der Waals surface area contributed by atoms with E-state index in [4.69, 9.17) is 16.3 Å². The second-order valence-corrected chi connectivity index (χ2v) is 6.45. The topological polar surface area (TPSA) is 76.1 Å². The van der Waals surface area contributed by atoms with E-state index in [9.17, 15) is 4.79 Å². The van der Waals surface area contributed by atoms with Gasteiger partial charge in [0.2, 0.25) is 5.95 Å². The maximum Gasteiger partial charge on any atom is 0.274 e. The molecule has 6 nitrogen and oxygen atoms in total. The number of amides is 1. The molecule has 1 heterocycles. The number of anilines is 3. The van der Waals surface area contributed by atoms with E-state index in [1.807, 2.05) is 31.2 Å². The quantitative estimate of drug-likeness (QED) is 0.665. The van der Waals surface area contributed by atoms with Crippen molar-refractivity contribution in [3.63, 3.8) is 0 Å². The molecule has 3 aromatic rings. The summed E-state index contributed by atoms with van der Waals surface area (Å²) in [5.41, 5.74) is 3.29. The van der Waals surface area contributed by atoms with Gasteiger partial charge in [0, 0.05) is 16.4 Å². The van der Waals surface area contributed by atoms with E-state index in [0.29, 0.717) is 27.8 Å². The Labute approximate surface area is 162 Å². The summed E-state index contributed by atoms with van der Waals surface area (Å²) in [4.78, 5) is 21.2. The first-order chi connectivity index (χ1) is 12.9. The highest BCUT2D eigenvalue weighted by molar-refractivity contribution is 6.31. The second-order valence-electron chi connectivity index (χ2n) is 6.01. The Hall–Kier alpha value is -3.12. The van der Waals surface area contributed by atoms with E-state index in [-0.39, 0.29) is 17.5 Å². The van der Waals surface area contributed by atoms with E-state index in [1.54, 1.807) is 38.3 Å². The summed E-state index contributed by atoms with van der Waals surface area (Å²) in [6.07, 6.45) is 0. The molecule has 7 heteroatoms. The third-order valence-electron chi connectivity index (χ3n) is 3.77. The number of methoxy groups -OCH3 is 1. The SMILES string of the molecule is COc1ccc(Cl)cc1Nc1nc(C)cc(C(=O)Nc2cccc(C)c2)n1. The van der Waals surface area contributed by atoms with Gasteiger partial charge in [0.1, 0.15) is 11.4 Å². The van der Waals surface area contributed by atoms with Crippen molar-refractivity contribution < 1.29 is 9.53 Å². The monoisotopic (exact) mass is 382 g/mol. The van der Waals surface area contributed by atoms with Crippen LogP contribution in [0.25, 0.3) is 0 Å². The number of halogens is 1. The molecular formula is C20H19ClN4O2. The van der Waals surface area contributed by atoms with Crippen molar-refractivity contribution in [3.8, 4) is 5.75 Å². The van der Waals surface area contributed by atoms with Gasteiger partial charge in [-0.2, -0.15) is 0 Å². The zero-order chi connectivity index (χ0) is 19.4. The molecule has 0 bridgehead atoms. The molecule has 0 unspecified atom stereocenters. The van der Waals surface area contributed by atoms with E-state index in [0.717, 1.165) is 5.56 Å². The first-order valence-electron chi connectivity index (χ1n) is 8.29. The van der Waals surface area contributed by atoms with E-state index in [1.165, 1.54) is 0 Å². The van der Waals surface area contributed by atoms with E-state index in [2.05, 4.69) is 20.6 Å². The molecule has 1 amide bonds. The van der Waals surface area contributed by atoms with Crippen LogP contribution >= 0.6 is 11.6 Å². The third kappa shape index (κ3) is 4.74. The van der Waals surface area contributed by atoms with Crippen LogP contribution in [-0.2, 0) is 0 Å². The summed E-state index contributed by atoms with van der Waals surface area (Å²) in [7, 11) is 1.56. The third-order valence-corrected chi connectivity index (χ3v) is 4.01. The first kappa shape index (κ1) is 18.7. The average Bonchev–Trinajstić information content (AvgIpc) is 2.61. The number of carbonyl (C=O) groups excluding carboxylic acids is 1. The number of aryl methyl sites for hydroxylation is 2. The molecule has 27 heavy (non-hydrogen) atoms. The summed E-state index contributed by atoms with van der Waals surface area (Å²) in [6.45, 7) is 3.76. The van der Waals surface area contributed by atoms with Gasteiger partial charge in [-0.1, -0.05) is 23.7 Å². The number of ether oxygens (including phenoxy) is 1. The van der Waals surface area contributed by atoms with Crippen LogP contribution in [-0.4, -0.2) is 23.0 Å². The number of nitrogens with one attached hydrogen (secondary N) is 2. The van der Waals surface area contributed by atoms with Crippen LogP contribution in [0.4, 0.5) is 17.3 Å². The predicted molar refractivity (Wildman–Crippen MR) is 107 cm³/mol. The number of aromatic nitrogens is 2. The van der Waals surface area contributed by atoms with Crippen molar-refractivity contribution in [2.24, 2.45) is 0 Å². The van der Waals surface area contributed by atoms with Gasteiger partial charge in [0.05, 0.1) is 12.8 Å². The fourth-order valence-electron chi connectivity index (χ4n) is 2.56. The van der Waals surface area contributed by atoms with Crippen molar-refractivity contribution in [3.05, 3.63) is 70.5 Å². The van der Waals surface area contributed by atoms with Crippen molar-refractivity contribution in [2.45, 2.75) is 13.8 Å². The molecule has 0 aliphatic rings. The average molecular weight is 383 g/mol. The minimum absolute atomic E-state index is 0.257. The number of rotatable bonds is 5. The first-order valence-corrected chi connectivity index (χ1v) is 8.66. The van der Waals surface area contributed by atoms with Crippen LogP contribution in [0, 0.1) is 13.8 Å². The Balaban J connectivity index is 1.86. The van der Waals surface area contributed by atoms with Gasteiger partial charge in [0.15, 0.2) is 0 Å². The molecular weight excluding hydrogens is 364 g/mol. The van der Waals surface area contributed by atoms with E-state index < -0.39 is 0 Å². The van der Waals surface area contributed by atoms with Crippen LogP contribution in [0.5, 0.6) is 5.75 Å². The van der Waals surface area contributed by atoms with Gasteiger partial charge in [0.25, 0.3) is 5.91 Å². The highest BCUT2D eigenvalue weighted by Crippen LogP contribution is 2.29. The molecule has 0 fully saturated rings. The lowest BCUT2D eigenvalue weighted by atomic mass is 10.2. The van der Waals surface area contributed by atoms with Gasteiger partial charge in [-0.15, -0.1) is 0 Å². The standard InChI is InChI=1S/C20H19ClN4O2/c1-12-5-4-6-15(9-12)23-19(26)17-10-13(2)22-20(25-17)24-16-11-14(21)7-8-18(16)27-3/h4-11H,1-3H3,(H,23,26)(H,22,24,25). The van der Waals surface area contributed by atoms with Crippen LogP contribution in [0.3, 0.4) is 0 Å². The molecule has 0 atom stereocenters. The van der Waals surface area contributed by atoms with E-state index >= 15 is 0 Å². The molecule has 0 spiro atoms. The lowest BCUT2D eigenvalue weighted by Gasteiger charge is -2.12. The largest absolute Gasteiger partial charge is 0.495 e. The van der Waals surface area contributed by atoms with Crippen molar-refractivity contribution >= 4 is 34.8 Å². The molecule has 0 aliphatic heterocycles. The van der Waals surface area contributed by atoms with Crippen molar-refractivity contribution in [1.29, 1.82) is 0 Å². The minimum Gasteiger partial charge on any atom is -0.495 e. The zero-order valence-corrected chi connectivity index (χ0v) is 16.0. The fraction of sp³-hybridized carbons (Fsp3) is 0.150. The summed E-state index contributed by atoms with van der Waals surface area (Å²) in [5, 5.41) is 6.45. The molecule has 0 aliphatic carbocycles. The summed E-state index contributed by atoms with van der Waals surface area (Å²) in [5.74, 6) is 0.562. The Morgan fingerprint density at radius 3 is 2.63 bits per heavy atom. The van der Waals surface area contributed by atoms with Crippen LogP contribution in [0.2, 0.25) is 5.02 Å². The Morgan fingerprint density at radius 2 is 1.89 bits per heavy atom. The van der Waals surface area contributed by atoms with Crippen LogP contribution < -0.4 is 15.4 Å². The molecule has 0 saturated carbocycles. The summed E-state index contributed by atoms with van der Waals surface area (Å²) < 4.78 is 5.31. The second kappa shape index (κ2) is 8.05. The fourth-order valence-corrected chi connectivity index (χ4v) is 2.73. The number of carbonyl (C=O) groups is 1. The summed E-state index contributed by atoms with van der Waals surface area (Å²) in [6, 6.07) is 14.4. The molecule has 0 radical (unpaired) electrons. The molecule has 3 rings (SSSR count). The van der Waals surface area contributed by atoms with Crippen molar-refractivity contribution in [1.82, 2.24) is 9.97 Å². The van der Waals surface area contributed by atoms with Gasteiger partial charge >= 0.3 is 0 Å². The van der Waals surface area contributed by atoms with Crippen molar-refractivity contribution in [2.75, 3.05) is 17.7 Å². The summed E-state index contributed by atoms with van der Waals surface area (Å²) >= 11 is 6.06. The van der Waals surface area contributed by atoms with Gasteiger partial charge in [-0.3, -0.25) is 4.79 Å². The highest BCUT2D eigenvalue weighted by Gasteiger charge is 2.13. The maximum absolute atomic E-state index is 12.6. The molecule has 2 aromatic carbocycles. The maximum atomic E-state index is 12.6. The number of hydrogen-bond donors (Lipinski definition) is 2. The molecule has 138 valence electrons. The van der Waals surface area contributed by atoms with Crippen LogP contribution in [0.15, 0.2) is 48.5 Å². The number of nitrogens with zero attached hydrogens (tertiary/aromatic N) is 2. The smallest absolute Gasteiger partial charge is 0.274 e. The normalized spacial score (nSPS) is 10.4. The van der Waals surface area contributed by atoms with Gasteiger partial charge < -0.3 is 15.4 Å². The van der Waals surface area contributed by atoms with Gasteiger partial charge in [-0.25, -0.2) is 9.97 Å². The number of benzene rings is 2. The van der Waals surface area contributed by atoms with Gasteiger partial charge in [-0.05, 0) is 55.8 Å². The zero-order valence-electron chi connectivity index (χ0n) is 15.2. The molecule has 2 N–H and O–H groups in total. The molecule has 1 aromatic heterocycles. The van der Waals surface area contributed by atoms with Crippen LogP contribution in [0.1, 0.15) is 21.7 Å². The Morgan fingerprint density at radius 1 is 1.07 bits per heavy atom. The Bertz CT molecular complexity index is 991. The molecule has 0 saturated heterocycles. The lowest BCUT2D eigenvalue weighted by molar-refractivity contribution is 0.102. The number of hydrogen-bond acceptors (Lipinski definition) is 5. The predicted octanol–water partition coefficient (Wildman–Crippen LogP) is 4.75. The minimum atomic E-state index is -0.313. The lowest BCUT2D eigenvalue weighted by Crippen LogP contribution is -2.15. The highest BCUT2D eigenvalue weighted by atomic mass is 35.5. The Kier molecular flexibility index (Phi) is 5.57.